The molecule has 1 aliphatic carbocycles. The van der Waals surface area contributed by atoms with Gasteiger partial charge in [0.15, 0.2) is 5.82 Å². The van der Waals surface area contributed by atoms with E-state index in [0.29, 0.717) is 23.2 Å². The molecule has 1 aromatic heterocycles. The van der Waals surface area contributed by atoms with Crippen molar-refractivity contribution in [3.8, 4) is 0 Å². The highest BCUT2D eigenvalue weighted by Crippen LogP contribution is 2.37. The van der Waals surface area contributed by atoms with Gasteiger partial charge in [0.1, 0.15) is 0 Å². The Morgan fingerprint density at radius 3 is 2.62 bits per heavy atom. The molecule has 24 heavy (non-hydrogen) atoms. The van der Waals surface area contributed by atoms with Gasteiger partial charge in [0, 0.05) is 11.9 Å². The van der Waals surface area contributed by atoms with E-state index in [4.69, 9.17) is 21.9 Å². The van der Waals surface area contributed by atoms with Gasteiger partial charge in [0.2, 0.25) is 11.8 Å². The highest BCUT2D eigenvalue weighted by Gasteiger charge is 2.39. The Balaban J connectivity index is 0.00000208. The molecule has 8 heteroatoms. The van der Waals surface area contributed by atoms with Gasteiger partial charge < -0.3 is 15.6 Å². The second-order valence-corrected chi connectivity index (χ2v) is 6.47. The summed E-state index contributed by atoms with van der Waals surface area (Å²) in [6.45, 7) is 1.48. The highest BCUT2D eigenvalue weighted by molar-refractivity contribution is 6.30. The predicted octanol–water partition coefficient (Wildman–Crippen LogP) is 2.90. The van der Waals surface area contributed by atoms with Crippen LogP contribution >= 0.6 is 24.0 Å². The van der Waals surface area contributed by atoms with Crippen LogP contribution in [0.3, 0.4) is 0 Å². The summed E-state index contributed by atoms with van der Waals surface area (Å²) < 4.78 is 5.33. The molecule has 1 fully saturated rings. The SMILES string of the molecule is CC(=O)NC(Cc1nc(C2(N)CCC2)no1)c1ccc(Cl)cc1.Cl. The van der Waals surface area contributed by atoms with Gasteiger partial charge in [-0.05, 0) is 37.0 Å². The van der Waals surface area contributed by atoms with Crippen LogP contribution in [0.5, 0.6) is 0 Å². The molecule has 0 aliphatic heterocycles. The molecule has 0 spiro atoms. The Kier molecular flexibility index (Phi) is 5.85. The van der Waals surface area contributed by atoms with Crippen LogP contribution in [0.2, 0.25) is 5.02 Å². The number of hydrogen-bond acceptors (Lipinski definition) is 5. The number of rotatable bonds is 5. The molecular formula is C16H20Cl2N4O2. The van der Waals surface area contributed by atoms with E-state index in [9.17, 15) is 4.79 Å². The van der Waals surface area contributed by atoms with Crippen LogP contribution in [0.1, 0.15) is 49.5 Å². The zero-order chi connectivity index (χ0) is 16.4. The van der Waals surface area contributed by atoms with Gasteiger partial charge in [0.25, 0.3) is 0 Å². The zero-order valence-corrected chi connectivity index (χ0v) is 14.9. The number of nitrogens with two attached hydrogens (primary N) is 1. The molecule has 2 aromatic rings. The normalized spacial score (nSPS) is 16.6. The van der Waals surface area contributed by atoms with E-state index in [1.807, 2.05) is 12.1 Å². The number of benzene rings is 1. The van der Waals surface area contributed by atoms with Gasteiger partial charge in [-0.1, -0.05) is 28.9 Å². The van der Waals surface area contributed by atoms with Crippen LogP contribution in [0, 0.1) is 0 Å². The van der Waals surface area contributed by atoms with E-state index in [0.717, 1.165) is 24.8 Å². The largest absolute Gasteiger partial charge is 0.349 e. The van der Waals surface area contributed by atoms with Crippen LogP contribution in [0.15, 0.2) is 28.8 Å². The second kappa shape index (κ2) is 7.51. The average molecular weight is 371 g/mol. The first-order valence-corrected chi connectivity index (χ1v) is 7.98. The second-order valence-electron chi connectivity index (χ2n) is 6.03. The van der Waals surface area contributed by atoms with Crippen molar-refractivity contribution in [1.82, 2.24) is 15.5 Å². The van der Waals surface area contributed by atoms with E-state index >= 15 is 0 Å². The first-order valence-electron chi connectivity index (χ1n) is 7.61. The van der Waals surface area contributed by atoms with Crippen molar-refractivity contribution in [2.24, 2.45) is 5.73 Å². The minimum atomic E-state index is -0.453. The van der Waals surface area contributed by atoms with Crippen LogP contribution in [0.25, 0.3) is 0 Å². The fourth-order valence-corrected chi connectivity index (χ4v) is 2.81. The standard InChI is InChI=1S/C16H19ClN4O2.ClH/c1-10(22)19-13(11-3-5-12(17)6-4-11)9-14-20-15(21-23-14)16(18)7-2-8-16;/h3-6,13H,2,7-9,18H2,1H3,(H,19,22);1H. The number of carbonyl (C=O) groups excluding carboxylic acids is 1. The molecule has 0 bridgehead atoms. The van der Waals surface area contributed by atoms with Crippen LogP contribution < -0.4 is 11.1 Å². The van der Waals surface area contributed by atoms with E-state index < -0.39 is 5.54 Å². The maximum atomic E-state index is 11.5. The summed E-state index contributed by atoms with van der Waals surface area (Å²) in [6, 6.07) is 7.06. The average Bonchev–Trinajstić information content (AvgIpc) is 2.93. The summed E-state index contributed by atoms with van der Waals surface area (Å²) in [7, 11) is 0. The van der Waals surface area contributed by atoms with Crippen LogP contribution in [0.4, 0.5) is 0 Å². The summed E-state index contributed by atoms with van der Waals surface area (Å²) in [6.07, 6.45) is 3.24. The molecule has 1 aromatic carbocycles. The number of halogens is 2. The Bertz CT molecular complexity index is 698. The maximum absolute atomic E-state index is 11.5. The Morgan fingerprint density at radius 1 is 1.42 bits per heavy atom. The summed E-state index contributed by atoms with van der Waals surface area (Å²) in [4.78, 5) is 15.9. The zero-order valence-electron chi connectivity index (χ0n) is 13.3. The molecule has 1 heterocycles. The molecule has 3 rings (SSSR count). The number of nitrogens with one attached hydrogen (secondary N) is 1. The number of hydrogen-bond donors (Lipinski definition) is 2. The van der Waals surface area contributed by atoms with Crippen molar-refractivity contribution in [3.05, 3.63) is 46.6 Å². The molecule has 1 aliphatic rings. The van der Waals surface area contributed by atoms with E-state index in [2.05, 4.69) is 15.5 Å². The lowest BCUT2D eigenvalue weighted by Crippen LogP contribution is -2.44. The van der Waals surface area contributed by atoms with E-state index in [1.54, 1.807) is 12.1 Å². The molecule has 1 amide bonds. The lowest BCUT2D eigenvalue weighted by Gasteiger charge is -2.34. The number of amides is 1. The van der Waals surface area contributed by atoms with Gasteiger partial charge in [-0.2, -0.15) is 4.98 Å². The van der Waals surface area contributed by atoms with Gasteiger partial charge in [-0.3, -0.25) is 4.79 Å². The van der Waals surface area contributed by atoms with Gasteiger partial charge >= 0.3 is 0 Å². The Hall–Kier alpha value is -1.63. The first-order chi connectivity index (χ1) is 11.0. The molecular weight excluding hydrogens is 351 g/mol. The topological polar surface area (TPSA) is 94.0 Å². The Labute approximate surface area is 151 Å². The molecule has 3 N–H and O–H groups in total. The number of nitrogens with zero attached hydrogens (tertiary/aromatic N) is 2. The van der Waals surface area contributed by atoms with Crippen molar-refractivity contribution < 1.29 is 9.32 Å². The molecule has 0 saturated heterocycles. The van der Waals surface area contributed by atoms with Crippen LogP contribution in [-0.2, 0) is 16.8 Å². The van der Waals surface area contributed by atoms with Crippen molar-refractivity contribution in [2.45, 2.75) is 44.2 Å². The molecule has 1 saturated carbocycles. The number of aromatic nitrogens is 2. The van der Waals surface area contributed by atoms with Crippen molar-refractivity contribution in [3.63, 3.8) is 0 Å². The van der Waals surface area contributed by atoms with E-state index in [-0.39, 0.29) is 24.4 Å². The monoisotopic (exact) mass is 370 g/mol. The molecule has 0 radical (unpaired) electrons. The molecule has 1 unspecified atom stereocenters. The quantitative estimate of drug-likeness (QED) is 0.843. The summed E-state index contributed by atoms with van der Waals surface area (Å²) in [5, 5.41) is 7.55. The summed E-state index contributed by atoms with van der Waals surface area (Å²) in [5.41, 5.74) is 6.68. The highest BCUT2D eigenvalue weighted by atomic mass is 35.5. The van der Waals surface area contributed by atoms with Gasteiger partial charge in [0.05, 0.1) is 18.0 Å². The molecule has 6 nitrogen and oxygen atoms in total. The van der Waals surface area contributed by atoms with Gasteiger partial charge in [-0.15, -0.1) is 12.4 Å². The third-order valence-electron chi connectivity index (χ3n) is 4.19. The first kappa shape index (κ1) is 18.7. The lowest BCUT2D eigenvalue weighted by molar-refractivity contribution is -0.119. The fraction of sp³-hybridized carbons (Fsp3) is 0.438. The van der Waals surface area contributed by atoms with Crippen molar-refractivity contribution >= 4 is 29.9 Å². The molecule has 1 atom stereocenters. The minimum absolute atomic E-state index is 0. The third kappa shape index (κ3) is 4.06. The smallest absolute Gasteiger partial charge is 0.229 e. The van der Waals surface area contributed by atoms with Crippen molar-refractivity contribution in [1.29, 1.82) is 0 Å². The lowest BCUT2D eigenvalue weighted by atomic mass is 9.77. The third-order valence-corrected chi connectivity index (χ3v) is 4.44. The summed E-state index contributed by atoms with van der Waals surface area (Å²) in [5.74, 6) is 0.890. The minimum Gasteiger partial charge on any atom is -0.349 e. The molecule has 130 valence electrons. The van der Waals surface area contributed by atoms with Gasteiger partial charge in [-0.25, -0.2) is 0 Å². The van der Waals surface area contributed by atoms with E-state index in [1.165, 1.54) is 6.92 Å². The number of carbonyl (C=O) groups is 1. The Morgan fingerprint density at radius 2 is 2.08 bits per heavy atom. The predicted molar refractivity (Wildman–Crippen MR) is 93.0 cm³/mol. The van der Waals surface area contributed by atoms with Crippen LogP contribution in [-0.4, -0.2) is 16.0 Å². The maximum Gasteiger partial charge on any atom is 0.229 e. The van der Waals surface area contributed by atoms with Crippen molar-refractivity contribution in [2.75, 3.05) is 0 Å². The fourth-order valence-electron chi connectivity index (χ4n) is 2.69. The summed E-state index contributed by atoms with van der Waals surface area (Å²) >= 11 is 5.92.